The molecule has 4 amide bonds. The molecule has 0 spiro atoms. The number of nitrogens with one attached hydrogen (secondary N) is 2. The highest BCUT2D eigenvalue weighted by atomic mass is 79.9. The number of hydrogen-bond donors (Lipinski definition) is 2. The number of alkyl halides is 1. The van der Waals surface area contributed by atoms with Gasteiger partial charge in [0.05, 0.1) is 106 Å². The highest BCUT2D eigenvalue weighted by Gasteiger charge is 2.35. The molecule has 398 valence electrons. The number of halogens is 1. The van der Waals surface area contributed by atoms with Gasteiger partial charge in [0.2, 0.25) is 11.8 Å². The molecule has 0 unspecified atom stereocenters. The summed E-state index contributed by atoms with van der Waals surface area (Å²) in [5.41, 5.74) is 7.00. The minimum atomic E-state index is -0.211. The molecule has 18 nitrogen and oxygen atoms in total. The number of nitrogens with zero attached hydrogens (tertiary/aromatic N) is 4. The fraction of sp³-hybridized carbons (Fsp3) is 0.446. The second-order valence-electron chi connectivity index (χ2n) is 18.4. The topological polar surface area (TPSA) is 205 Å². The molecule has 4 heterocycles. The number of benzene rings is 3. The average Bonchev–Trinajstić information content (AvgIpc) is 3.92. The van der Waals surface area contributed by atoms with Gasteiger partial charge in [-0.3, -0.25) is 34.0 Å². The van der Waals surface area contributed by atoms with Crippen LogP contribution in [0.15, 0.2) is 76.8 Å². The molecule has 0 saturated carbocycles. The Morgan fingerprint density at radius 1 is 0.680 bits per heavy atom. The summed E-state index contributed by atoms with van der Waals surface area (Å²) in [5.74, 6) is 7.16. The maximum absolute atomic E-state index is 13.6. The van der Waals surface area contributed by atoms with E-state index in [9.17, 15) is 24.0 Å². The van der Waals surface area contributed by atoms with Crippen LogP contribution in [0, 0.1) is 18.8 Å². The Morgan fingerprint density at radius 2 is 1.23 bits per heavy atom. The monoisotopic (exact) mass is 1090 g/mol. The van der Waals surface area contributed by atoms with Crippen LogP contribution >= 0.6 is 15.9 Å². The molecule has 19 heteroatoms. The first-order chi connectivity index (χ1) is 36.4. The van der Waals surface area contributed by atoms with Crippen LogP contribution in [0.5, 0.6) is 17.2 Å². The lowest BCUT2D eigenvalue weighted by Gasteiger charge is -2.20. The Kier molecular flexibility index (Phi) is 21.1. The largest absolute Gasteiger partial charge is 0.493 e. The van der Waals surface area contributed by atoms with Gasteiger partial charge in [0.1, 0.15) is 24.7 Å². The van der Waals surface area contributed by atoms with Crippen LogP contribution in [0.1, 0.15) is 81.5 Å². The number of carbonyl (C=O) groups excluding carboxylic acids is 5. The number of ether oxygens (including phenoxy) is 7. The summed E-state index contributed by atoms with van der Waals surface area (Å²) in [6.45, 7) is 14.6. The van der Waals surface area contributed by atoms with E-state index in [0.29, 0.717) is 149 Å². The maximum Gasteiger partial charge on any atom is 0.257 e. The van der Waals surface area contributed by atoms with Crippen molar-refractivity contribution in [3.05, 3.63) is 100 Å². The summed E-state index contributed by atoms with van der Waals surface area (Å²) in [6.07, 6.45) is 6.33. The van der Waals surface area contributed by atoms with E-state index in [1.54, 1.807) is 34.2 Å². The number of hydrogen-bond acceptors (Lipinski definition) is 14. The highest BCUT2D eigenvalue weighted by Crippen LogP contribution is 2.39. The van der Waals surface area contributed by atoms with E-state index in [2.05, 4.69) is 61.5 Å². The van der Waals surface area contributed by atoms with E-state index >= 15 is 0 Å². The molecule has 3 aromatic rings. The first kappa shape index (κ1) is 56.0. The predicted octanol–water partition coefficient (Wildman–Crippen LogP) is 6.31. The molecule has 0 bridgehead atoms. The van der Waals surface area contributed by atoms with Crippen molar-refractivity contribution in [3.63, 3.8) is 0 Å². The van der Waals surface area contributed by atoms with Gasteiger partial charge in [0.25, 0.3) is 11.8 Å². The Balaban J connectivity index is 0.873. The van der Waals surface area contributed by atoms with Crippen molar-refractivity contribution in [2.24, 2.45) is 9.98 Å². The molecule has 0 radical (unpaired) electrons. The molecule has 3 aromatic carbocycles. The SMILES string of the molecule is C=C1C[C@H]2C=Nc3cc(OCc4cc(C#CCNC(=O)CCOCCOCCOCCOCCNC(=O)CCCC(=O)CBr)cc(COc5cc6c(cc5OC)C(=O)N5CC(=C)C[C@H]5C=N6)c4)c(C)cc3C(=O)N2C1. The smallest absolute Gasteiger partial charge is 0.257 e. The van der Waals surface area contributed by atoms with Gasteiger partial charge >= 0.3 is 0 Å². The Bertz CT molecular complexity index is 2730. The van der Waals surface area contributed by atoms with Gasteiger partial charge in [0.15, 0.2) is 11.5 Å². The lowest BCUT2D eigenvalue weighted by molar-refractivity contribution is -0.122. The zero-order valence-corrected chi connectivity index (χ0v) is 44.3. The van der Waals surface area contributed by atoms with Crippen molar-refractivity contribution in [3.8, 4) is 29.1 Å². The predicted molar refractivity (Wildman–Crippen MR) is 286 cm³/mol. The van der Waals surface area contributed by atoms with Gasteiger partial charge in [-0.05, 0) is 73.2 Å². The number of methoxy groups -OCH3 is 1. The number of ketones is 1. The lowest BCUT2D eigenvalue weighted by atomic mass is 10.1. The molecule has 2 N–H and O–H groups in total. The van der Waals surface area contributed by atoms with E-state index in [0.717, 1.165) is 27.8 Å². The molecule has 0 aromatic heterocycles. The number of rotatable bonds is 28. The molecule has 0 aliphatic carbocycles. The molecule has 2 fully saturated rings. The summed E-state index contributed by atoms with van der Waals surface area (Å²) in [4.78, 5) is 75.7. The molecule has 4 aliphatic rings. The number of aliphatic imine (C=N–C) groups is 2. The third kappa shape index (κ3) is 16.4. The summed E-state index contributed by atoms with van der Waals surface area (Å²) in [7, 11) is 1.52. The zero-order valence-electron chi connectivity index (χ0n) is 42.7. The van der Waals surface area contributed by atoms with Crippen LogP contribution in [0.2, 0.25) is 0 Å². The van der Waals surface area contributed by atoms with Crippen LogP contribution < -0.4 is 24.8 Å². The van der Waals surface area contributed by atoms with Crippen molar-refractivity contribution in [1.29, 1.82) is 0 Å². The van der Waals surface area contributed by atoms with E-state index in [1.807, 2.05) is 37.4 Å². The minimum absolute atomic E-state index is 0.0792. The number of Topliss-reactive ketones (excluding diaryl/α,β-unsaturated/α-hetero) is 1. The fourth-order valence-corrected chi connectivity index (χ4v) is 8.99. The van der Waals surface area contributed by atoms with Crippen molar-refractivity contribution in [2.75, 3.05) is 91.5 Å². The number of fused-ring (bicyclic) bond motifs is 4. The molecular weight excluding hydrogens is 1030 g/mol. The molecule has 2 saturated heterocycles. The van der Waals surface area contributed by atoms with Crippen LogP contribution in [0.3, 0.4) is 0 Å². The van der Waals surface area contributed by atoms with Gasteiger partial charge in [0, 0.05) is 69.0 Å². The Hall–Kier alpha value is -6.69. The van der Waals surface area contributed by atoms with Gasteiger partial charge in [-0.2, -0.15) is 0 Å². The summed E-state index contributed by atoms with van der Waals surface area (Å²) in [6, 6.07) is 12.5. The van der Waals surface area contributed by atoms with Crippen molar-refractivity contribution in [2.45, 2.75) is 70.7 Å². The third-order valence-corrected chi connectivity index (χ3v) is 13.2. The number of amides is 4. The standard InChI is InChI=1S/C56H65BrN6O12/c1-37-21-43-31-60-48-28-50(39(3)23-46(48)55(67)62(43)33-37)74-35-41-24-40(25-42(26-41)36-75-52-29-49-47(27-51(52)69-4)56(68)63-34-38(2)22-44(63)32-61-49)7-6-11-58-54(66)10-13-70-15-17-72-19-20-73-18-16-71-14-12-59-53(65)9-5-8-45(64)30-57/h23-29,31-32,43-44H,1-2,5,8-22,30,33-36H2,3-4H3,(H,58,66)(H,59,65)/t43-,44-/m0/s1. The molecule has 2 atom stereocenters. The van der Waals surface area contributed by atoms with E-state index in [1.165, 1.54) is 7.11 Å². The lowest BCUT2D eigenvalue weighted by Crippen LogP contribution is -2.35. The minimum Gasteiger partial charge on any atom is -0.493 e. The van der Waals surface area contributed by atoms with Crippen molar-refractivity contribution in [1.82, 2.24) is 20.4 Å². The molecule has 4 aliphatic heterocycles. The van der Waals surface area contributed by atoms with Crippen LogP contribution in [-0.4, -0.2) is 155 Å². The second-order valence-corrected chi connectivity index (χ2v) is 19.0. The summed E-state index contributed by atoms with van der Waals surface area (Å²) < 4.78 is 40.6. The van der Waals surface area contributed by atoms with Crippen LogP contribution in [0.25, 0.3) is 0 Å². The van der Waals surface area contributed by atoms with Gasteiger partial charge in [-0.1, -0.05) is 52.1 Å². The van der Waals surface area contributed by atoms with E-state index < -0.39 is 0 Å². The van der Waals surface area contributed by atoms with Crippen LogP contribution in [0.4, 0.5) is 11.4 Å². The normalized spacial score (nSPS) is 16.3. The van der Waals surface area contributed by atoms with Gasteiger partial charge in [-0.25, -0.2) is 0 Å². The second kappa shape index (κ2) is 28.3. The molecule has 7 rings (SSSR count). The molecule has 75 heavy (non-hydrogen) atoms. The van der Waals surface area contributed by atoms with Crippen molar-refractivity contribution < 1.29 is 57.1 Å². The summed E-state index contributed by atoms with van der Waals surface area (Å²) >= 11 is 3.11. The average molecular weight is 1090 g/mol. The Labute approximate surface area is 446 Å². The van der Waals surface area contributed by atoms with E-state index in [4.69, 9.17) is 33.2 Å². The van der Waals surface area contributed by atoms with Crippen LogP contribution in [-0.2, 0) is 46.5 Å². The van der Waals surface area contributed by atoms with Gasteiger partial charge in [-0.15, -0.1) is 0 Å². The summed E-state index contributed by atoms with van der Waals surface area (Å²) in [5, 5.41) is 5.90. The maximum atomic E-state index is 13.6. The number of aryl methyl sites for hydroxylation is 1. The van der Waals surface area contributed by atoms with Crippen molar-refractivity contribution >= 4 is 69.1 Å². The molecular formula is C56H65BrN6O12. The Morgan fingerprint density at radius 3 is 1.83 bits per heavy atom. The fourth-order valence-electron chi connectivity index (χ4n) is 8.71. The van der Waals surface area contributed by atoms with Gasteiger partial charge < -0.3 is 53.6 Å². The number of carbonyl (C=O) groups is 5. The van der Waals surface area contributed by atoms with E-state index in [-0.39, 0.29) is 74.3 Å². The highest BCUT2D eigenvalue weighted by molar-refractivity contribution is 9.09. The quantitative estimate of drug-likeness (QED) is 0.0356. The first-order valence-corrected chi connectivity index (χ1v) is 26.2. The first-order valence-electron chi connectivity index (χ1n) is 25.1. The third-order valence-electron chi connectivity index (χ3n) is 12.5. The zero-order chi connectivity index (χ0) is 53.1.